The molecule has 2 saturated heterocycles. The maximum Gasteiger partial charge on any atom is 0.190 e. The van der Waals surface area contributed by atoms with Gasteiger partial charge in [-0.2, -0.15) is 5.10 Å². The van der Waals surface area contributed by atoms with E-state index in [1.165, 1.54) is 0 Å². The van der Waals surface area contributed by atoms with E-state index in [9.17, 15) is 4.79 Å². The van der Waals surface area contributed by atoms with E-state index in [1.807, 2.05) is 11.6 Å². The number of Topliss-reactive ketones (excluding diaryl/α,β-unsaturated/α-hetero) is 1. The number of carbonyl (C=O) groups excluding carboxylic acids is 1. The summed E-state index contributed by atoms with van der Waals surface area (Å²) < 4.78 is 13.7. The number of hydrogen-bond acceptors (Lipinski definition) is 5. The standard InChI is InChI=1S/C15H21N3O3/c1-10-14-13(17-18(10)11-2-7-20-9-11)12(19)8-15(21-14)3-5-16-6-4-15/h11,16H,2-9H2,1H3. The highest BCUT2D eigenvalue weighted by atomic mass is 16.5. The molecule has 114 valence electrons. The number of aromatic nitrogens is 2. The molecule has 21 heavy (non-hydrogen) atoms. The first kappa shape index (κ1) is 13.3. The van der Waals surface area contributed by atoms with Gasteiger partial charge in [0.1, 0.15) is 5.60 Å². The Kier molecular flexibility index (Phi) is 3.04. The van der Waals surface area contributed by atoms with E-state index < -0.39 is 0 Å². The molecule has 1 aromatic heterocycles. The molecule has 1 N–H and O–H groups in total. The van der Waals surface area contributed by atoms with Gasteiger partial charge in [-0.3, -0.25) is 9.48 Å². The van der Waals surface area contributed by atoms with Gasteiger partial charge in [-0.15, -0.1) is 0 Å². The van der Waals surface area contributed by atoms with Crippen LogP contribution in [0.2, 0.25) is 0 Å². The Labute approximate surface area is 123 Å². The summed E-state index contributed by atoms with van der Waals surface area (Å²) in [5.41, 5.74) is 1.16. The molecule has 1 unspecified atom stereocenters. The third kappa shape index (κ3) is 2.08. The van der Waals surface area contributed by atoms with Crippen molar-refractivity contribution in [3.05, 3.63) is 11.4 Å². The van der Waals surface area contributed by atoms with Crippen LogP contribution in [0.25, 0.3) is 0 Å². The van der Waals surface area contributed by atoms with Crippen LogP contribution in [-0.2, 0) is 4.74 Å². The van der Waals surface area contributed by atoms with Crippen molar-refractivity contribution in [2.24, 2.45) is 0 Å². The van der Waals surface area contributed by atoms with Crippen LogP contribution in [0.1, 0.15) is 47.9 Å². The van der Waals surface area contributed by atoms with Crippen LogP contribution in [0.4, 0.5) is 0 Å². The number of nitrogens with one attached hydrogen (secondary N) is 1. The summed E-state index contributed by atoms with van der Waals surface area (Å²) >= 11 is 0. The fraction of sp³-hybridized carbons (Fsp3) is 0.733. The van der Waals surface area contributed by atoms with Crippen LogP contribution in [0.5, 0.6) is 5.75 Å². The number of ether oxygens (including phenoxy) is 2. The van der Waals surface area contributed by atoms with Crippen molar-refractivity contribution in [3.63, 3.8) is 0 Å². The van der Waals surface area contributed by atoms with Gasteiger partial charge in [0.25, 0.3) is 0 Å². The molecule has 0 aromatic carbocycles. The van der Waals surface area contributed by atoms with Crippen molar-refractivity contribution in [1.29, 1.82) is 0 Å². The molecule has 3 aliphatic rings. The van der Waals surface area contributed by atoms with Gasteiger partial charge >= 0.3 is 0 Å². The SMILES string of the molecule is Cc1c2c(nn1C1CCOC1)C(=O)CC1(CCNCC1)O2. The average Bonchev–Trinajstić information content (AvgIpc) is 3.09. The van der Waals surface area contributed by atoms with E-state index in [0.29, 0.717) is 24.5 Å². The number of ketones is 1. The molecular weight excluding hydrogens is 270 g/mol. The van der Waals surface area contributed by atoms with Gasteiger partial charge in [-0.05, 0) is 26.4 Å². The number of piperidine rings is 1. The average molecular weight is 291 g/mol. The number of fused-ring (bicyclic) bond motifs is 1. The third-order valence-corrected chi connectivity index (χ3v) is 4.93. The molecule has 4 heterocycles. The summed E-state index contributed by atoms with van der Waals surface area (Å²) in [5, 5.41) is 7.87. The minimum atomic E-state index is -0.319. The van der Waals surface area contributed by atoms with Gasteiger partial charge in [0.05, 0.1) is 24.8 Å². The second kappa shape index (κ2) is 4.81. The summed E-state index contributed by atoms with van der Waals surface area (Å²) in [4.78, 5) is 12.5. The Morgan fingerprint density at radius 2 is 2.19 bits per heavy atom. The molecule has 0 amide bonds. The van der Waals surface area contributed by atoms with E-state index in [4.69, 9.17) is 9.47 Å². The topological polar surface area (TPSA) is 65.4 Å². The first-order valence-electron chi connectivity index (χ1n) is 7.78. The van der Waals surface area contributed by atoms with Crippen LogP contribution < -0.4 is 10.1 Å². The molecule has 0 bridgehead atoms. The van der Waals surface area contributed by atoms with Crippen molar-refractivity contribution in [3.8, 4) is 5.75 Å². The van der Waals surface area contributed by atoms with Crippen molar-refractivity contribution in [1.82, 2.24) is 15.1 Å². The van der Waals surface area contributed by atoms with Crippen LogP contribution in [0.15, 0.2) is 0 Å². The lowest BCUT2D eigenvalue weighted by Crippen LogP contribution is -2.49. The zero-order chi connectivity index (χ0) is 14.4. The maximum atomic E-state index is 12.5. The molecule has 1 atom stereocenters. The molecule has 0 aliphatic carbocycles. The number of rotatable bonds is 1. The fourth-order valence-corrected chi connectivity index (χ4v) is 3.67. The van der Waals surface area contributed by atoms with Gasteiger partial charge in [0.15, 0.2) is 17.2 Å². The molecule has 6 heteroatoms. The summed E-state index contributed by atoms with van der Waals surface area (Å²) in [7, 11) is 0. The van der Waals surface area contributed by atoms with E-state index >= 15 is 0 Å². The zero-order valence-electron chi connectivity index (χ0n) is 12.4. The molecule has 4 rings (SSSR count). The smallest absolute Gasteiger partial charge is 0.190 e. The Balaban J connectivity index is 1.70. The molecular formula is C15H21N3O3. The lowest BCUT2D eigenvalue weighted by Gasteiger charge is -2.39. The Hall–Kier alpha value is -1.40. The van der Waals surface area contributed by atoms with E-state index in [0.717, 1.165) is 44.7 Å². The normalized spacial score (nSPS) is 27.7. The number of hydrogen-bond donors (Lipinski definition) is 1. The van der Waals surface area contributed by atoms with E-state index in [2.05, 4.69) is 10.4 Å². The Morgan fingerprint density at radius 3 is 2.90 bits per heavy atom. The third-order valence-electron chi connectivity index (χ3n) is 4.93. The summed E-state index contributed by atoms with van der Waals surface area (Å²) in [6.07, 6.45) is 3.18. The Bertz CT molecular complexity index is 569. The van der Waals surface area contributed by atoms with Crippen LogP contribution in [0, 0.1) is 6.92 Å². The highest BCUT2D eigenvalue weighted by Crippen LogP contribution is 2.40. The van der Waals surface area contributed by atoms with Crippen molar-refractivity contribution < 1.29 is 14.3 Å². The Morgan fingerprint density at radius 1 is 1.38 bits per heavy atom. The van der Waals surface area contributed by atoms with Crippen LogP contribution in [-0.4, -0.2) is 47.5 Å². The molecule has 0 radical (unpaired) electrons. The van der Waals surface area contributed by atoms with Crippen LogP contribution >= 0.6 is 0 Å². The molecule has 2 fully saturated rings. The molecule has 0 saturated carbocycles. The second-order valence-corrected chi connectivity index (χ2v) is 6.36. The molecule has 1 aromatic rings. The van der Waals surface area contributed by atoms with Gasteiger partial charge < -0.3 is 14.8 Å². The second-order valence-electron chi connectivity index (χ2n) is 6.36. The van der Waals surface area contributed by atoms with Gasteiger partial charge in [0.2, 0.25) is 0 Å². The minimum absolute atomic E-state index is 0.124. The predicted octanol–water partition coefficient (Wildman–Crippen LogP) is 1.24. The lowest BCUT2D eigenvalue weighted by molar-refractivity contribution is 0.0180. The lowest BCUT2D eigenvalue weighted by atomic mass is 9.84. The predicted molar refractivity (Wildman–Crippen MR) is 75.8 cm³/mol. The fourth-order valence-electron chi connectivity index (χ4n) is 3.67. The molecule has 1 spiro atoms. The molecule has 6 nitrogen and oxygen atoms in total. The van der Waals surface area contributed by atoms with E-state index in [-0.39, 0.29) is 17.4 Å². The summed E-state index contributed by atoms with van der Waals surface area (Å²) in [5.74, 6) is 0.832. The molecule has 3 aliphatic heterocycles. The highest BCUT2D eigenvalue weighted by Gasteiger charge is 2.44. The maximum absolute atomic E-state index is 12.5. The minimum Gasteiger partial charge on any atom is -0.482 e. The van der Waals surface area contributed by atoms with Crippen molar-refractivity contribution in [2.75, 3.05) is 26.3 Å². The highest BCUT2D eigenvalue weighted by molar-refractivity contribution is 5.98. The first-order valence-corrected chi connectivity index (χ1v) is 7.78. The number of carbonyl (C=O) groups is 1. The van der Waals surface area contributed by atoms with Crippen molar-refractivity contribution in [2.45, 2.75) is 44.2 Å². The van der Waals surface area contributed by atoms with Gasteiger partial charge in [-0.1, -0.05) is 0 Å². The first-order chi connectivity index (χ1) is 10.2. The van der Waals surface area contributed by atoms with Crippen LogP contribution in [0.3, 0.4) is 0 Å². The zero-order valence-corrected chi connectivity index (χ0v) is 12.4. The van der Waals surface area contributed by atoms with Gasteiger partial charge in [0, 0.05) is 19.4 Å². The monoisotopic (exact) mass is 291 g/mol. The van der Waals surface area contributed by atoms with Gasteiger partial charge in [-0.25, -0.2) is 0 Å². The number of nitrogens with zero attached hydrogens (tertiary/aromatic N) is 2. The largest absolute Gasteiger partial charge is 0.482 e. The summed E-state index contributed by atoms with van der Waals surface area (Å²) in [6.45, 7) is 5.25. The quantitative estimate of drug-likeness (QED) is 0.843. The van der Waals surface area contributed by atoms with E-state index in [1.54, 1.807) is 0 Å². The van der Waals surface area contributed by atoms with Crippen molar-refractivity contribution >= 4 is 5.78 Å². The summed E-state index contributed by atoms with van der Waals surface area (Å²) in [6, 6.07) is 0.232.